The van der Waals surface area contributed by atoms with Crippen LogP contribution in [0.15, 0.2) is 59.0 Å². The van der Waals surface area contributed by atoms with Crippen molar-refractivity contribution in [2.45, 2.75) is 41.3 Å². The zero-order chi connectivity index (χ0) is 22.4. The Morgan fingerprint density at radius 2 is 1.88 bits per heavy atom. The van der Waals surface area contributed by atoms with E-state index in [1.807, 2.05) is 12.1 Å². The Bertz CT molecular complexity index is 1060. The van der Waals surface area contributed by atoms with Crippen molar-refractivity contribution in [1.82, 2.24) is 25.3 Å². The van der Waals surface area contributed by atoms with Gasteiger partial charge in [-0.1, -0.05) is 25.0 Å². The highest BCUT2D eigenvalue weighted by molar-refractivity contribution is 7.99. The predicted octanol–water partition coefficient (Wildman–Crippen LogP) is 4.36. The smallest absolute Gasteiger partial charge is 0.233 e. The molecule has 1 aliphatic rings. The molecule has 0 radical (unpaired) electrons. The van der Waals surface area contributed by atoms with E-state index in [4.69, 9.17) is 17.0 Å². The summed E-state index contributed by atoms with van der Waals surface area (Å²) in [6.07, 6.45) is 7.68. The highest BCUT2D eigenvalue weighted by Crippen LogP contribution is 2.40. The zero-order valence-electron chi connectivity index (χ0n) is 17.5. The van der Waals surface area contributed by atoms with Gasteiger partial charge in [-0.25, -0.2) is 19.3 Å². The second-order valence-electron chi connectivity index (χ2n) is 7.51. The van der Waals surface area contributed by atoms with Crippen LogP contribution in [-0.4, -0.2) is 38.7 Å². The summed E-state index contributed by atoms with van der Waals surface area (Å²) in [7, 11) is 1.54. The van der Waals surface area contributed by atoms with Gasteiger partial charge >= 0.3 is 0 Å². The van der Waals surface area contributed by atoms with Crippen LogP contribution in [0.25, 0.3) is 0 Å². The Balaban J connectivity index is 1.44. The van der Waals surface area contributed by atoms with Crippen molar-refractivity contribution in [1.29, 1.82) is 0 Å². The first-order valence-electron chi connectivity index (χ1n) is 10.3. The molecule has 1 aliphatic carbocycles. The number of benzene rings is 1. The molecule has 166 valence electrons. The van der Waals surface area contributed by atoms with E-state index in [-0.39, 0.29) is 11.2 Å². The van der Waals surface area contributed by atoms with Crippen molar-refractivity contribution < 1.29 is 9.13 Å². The molecule has 1 aromatic carbocycles. The molecule has 0 amide bonds. The lowest BCUT2D eigenvalue weighted by atomic mass is 9.79. The molecule has 10 heteroatoms. The minimum atomic E-state index is -0.225. The summed E-state index contributed by atoms with van der Waals surface area (Å²) in [6, 6.07) is 10.3. The number of methoxy groups -OCH3 is 1. The highest BCUT2D eigenvalue weighted by Gasteiger charge is 2.35. The van der Waals surface area contributed by atoms with Gasteiger partial charge < -0.3 is 15.4 Å². The fraction of sp³-hybridized carbons (Fsp3) is 0.318. The Kier molecular flexibility index (Phi) is 7.11. The second-order valence-corrected chi connectivity index (χ2v) is 8.90. The number of ether oxygens (including phenoxy) is 1. The van der Waals surface area contributed by atoms with E-state index in [1.54, 1.807) is 31.6 Å². The first kappa shape index (κ1) is 22.3. The maximum atomic E-state index is 13.4. The third-order valence-corrected chi connectivity index (χ3v) is 6.51. The monoisotopic (exact) mass is 470 g/mol. The van der Waals surface area contributed by atoms with Gasteiger partial charge in [0.2, 0.25) is 11.8 Å². The average molecular weight is 471 g/mol. The van der Waals surface area contributed by atoms with Crippen LogP contribution in [0.3, 0.4) is 0 Å². The van der Waals surface area contributed by atoms with Crippen molar-refractivity contribution in [2.24, 2.45) is 0 Å². The lowest BCUT2D eigenvalue weighted by Crippen LogP contribution is -2.41. The third-order valence-electron chi connectivity index (χ3n) is 5.46. The Hall–Kier alpha value is -2.85. The highest BCUT2D eigenvalue weighted by atomic mass is 32.2. The fourth-order valence-electron chi connectivity index (χ4n) is 3.87. The quantitative estimate of drug-likeness (QED) is 0.297. The first-order valence-corrected chi connectivity index (χ1v) is 11.5. The molecule has 1 saturated carbocycles. The van der Waals surface area contributed by atoms with Crippen LogP contribution in [-0.2, 0) is 5.41 Å². The summed E-state index contributed by atoms with van der Waals surface area (Å²) in [5, 5.41) is 7.97. The molecule has 0 saturated heterocycles. The molecular weight excluding hydrogens is 447 g/mol. The maximum absolute atomic E-state index is 13.4. The van der Waals surface area contributed by atoms with E-state index in [9.17, 15) is 4.39 Å². The summed E-state index contributed by atoms with van der Waals surface area (Å²) >= 11 is 6.81. The van der Waals surface area contributed by atoms with Gasteiger partial charge in [-0.2, -0.15) is 4.98 Å². The molecule has 2 N–H and O–H groups in total. The van der Waals surface area contributed by atoms with Crippen LogP contribution in [0, 0.1) is 5.82 Å². The van der Waals surface area contributed by atoms with Gasteiger partial charge in [0.25, 0.3) is 0 Å². The number of thiocarbonyl (C=S) groups is 1. The topological polar surface area (TPSA) is 84.9 Å². The first-order chi connectivity index (χ1) is 15.6. The van der Waals surface area contributed by atoms with Crippen LogP contribution in [0.1, 0.15) is 31.2 Å². The lowest BCUT2D eigenvalue weighted by Gasteiger charge is -2.30. The Morgan fingerprint density at radius 1 is 1.16 bits per heavy atom. The number of nitrogens with zero attached hydrogens (tertiary/aromatic N) is 4. The van der Waals surface area contributed by atoms with Crippen molar-refractivity contribution >= 4 is 35.0 Å². The van der Waals surface area contributed by atoms with Crippen LogP contribution in [0.2, 0.25) is 0 Å². The van der Waals surface area contributed by atoms with Gasteiger partial charge in [0.1, 0.15) is 10.8 Å². The predicted molar refractivity (Wildman–Crippen MR) is 126 cm³/mol. The average Bonchev–Trinajstić information content (AvgIpc) is 3.29. The SMILES string of the molecule is COc1cc(Sc2ncccn2)nc(NC(=S)NCC2(c3ccc(F)cc3)CCCC2)n1. The van der Waals surface area contributed by atoms with Crippen LogP contribution in [0.4, 0.5) is 10.3 Å². The van der Waals surface area contributed by atoms with Crippen molar-refractivity contribution in [3.63, 3.8) is 0 Å². The molecule has 0 bridgehead atoms. The van der Waals surface area contributed by atoms with Crippen molar-refractivity contribution in [3.8, 4) is 5.88 Å². The fourth-order valence-corrected chi connectivity index (χ4v) is 4.74. The minimum absolute atomic E-state index is 0.0691. The van der Waals surface area contributed by atoms with E-state index >= 15 is 0 Å². The van der Waals surface area contributed by atoms with Crippen molar-refractivity contribution in [2.75, 3.05) is 19.0 Å². The van der Waals surface area contributed by atoms with Gasteiger partial charge in [-0.3, -0.25) is 0 Å². The Labute approximate surface area is 195 Å². The number of anilines is 1. The van der Waals surface area contributed by atoms with E-state index in [2.05, 4.69) is 30.6 Å². The van der Waals surface area contributed by atoms with Gasteiger partial charge in [-0.05, 0) is 60.6 Å². The number of halogens is 1. The number of nitrogens with one attached hydrogen (secondary N) is 2. The molecule has 7 nitrogen and oxygen atoms in total. The summed E-state index contributed by atoms with van der Waals surface area (Å²) in [4.78, 5) is 17.2. The molecule has 0 aliphatic heterocycles. The summed E-state index contributed by atoms with van der Waals surface area (Å²) in [6.45, 7) is 0.647. The molecule has 0 unspecified atom stereocenters. The van der Waals surface area contributed by atoms with Gasteiger partial charge in [0.05, 0.1) is 7.11 Å². The van der Waals surface area contributed by atoms with Gasteiger partial charge in [0.15, 0.2) is 10.3 Å². The molecule has 2 heterocycles. The summed E-state index contributed by atoms with van der Waals surface area (Å²) in [5.74, 6) is 0.502. The molecule has 32 heavy (non-hydrogen) atoms. The standard InChI is InChI=1S/C22H23FN6OS2/c1-30-17-13-18(32-21-24-11-4-12-25-21)28-19(27-17)29-20(31)26-14-22(9-2-3-10-22)15-5-7-16(23)8-6-15/h4-8,11-13H,2-3,9-10,14H2,1H3,(H2,26,27,28,29,31). The van der Waals surface area contributed by atoms with E-state index in [0.717, 1.165) is 31.2 Å². The summed E-state index contributed by atoms with van der Waals surface area (Å²) < 4.78 is 18.7. The molecule has 0 spiro atoms. The molecule has 3 aromatic rings. The van der Waals surface area contributed by atoms with E-state index < -0.39 is 0 Å². The van der Waals surface area contributed by atoms with Crippen LogP contribution in [0.5, 0.6) is 5.88 Å². The maximum Gasteiger partial charge on any atom is 0.233 e. The molecular formula is C22H23FN6OS2. The third kappa shape index (κ3) is 5.49. The number of hydrogen-bond acceptors (Lipinski definition) is 7. The molecule has 0 atom stereocenters. The Morgan fingerprint density at radius 3 is 2.56 bits per heavy atom. The second kappa shape index (κ2) is 10.2. The van der Waals surface area contributed by atoms with Crippen LogP contribution >= 0.6 is 24.0 Å². The van der Waals surface area contributed by atoms with E-state index in [0.29, 0.717) is 33.7 Å². The number of aromatic nitrogens is 4. The molecule has 4 rings (SSSR count). The van der Waals surface area contributed by atoms with Crippen LogP contribution < -0.4 is 15.4 Å². The zero-order valence-corrected chi connectivity index (χ0v) is 19.2. The summed E-state index contributed by atoms with van der Waals surface area (Å²) in [5.41, 5.74) is 1.06. The number of rotatable bonds is 7. The van der Waals surface area contributed by atoms with Gasteiger partial charge in [0, 0.05) is 30.4 Å². The molecule has 1 fully saturated rings. The van der Waals surface area contributed by atoms with E-state index in [1.165, 1.54) is 23.9 Å². The van der Waals surface area contributed by atoms with Gasteiger partial charge in [-0.15, -0.1) is 0 Å². The van der Waals surface area contributed by atoms with Crippen molar-refractivity contribution in [3.05, 3.63) is 60.2 Å². The largest absolute Gasteiger partial charge is 0.481 e. The molecule has 2 aromatic heterocycles. The normalized spacial score (nSPS) is 14.7. The minimum Gasteiger partial charge on any atom is -0.481 e. The number of hydrogen-bond donors (Lipinski definition) is 2. The lowest BCUT2D eigenvalue weighted by molar-refractivity contribution is 0.396.